The molecule has 1 heterocycles. The Labute approximate surface area is 144 Å². The maximum atomic E-state index is 13.0. The number of nitrogens with zero attached hydrogens (tertiary/aromatic N) is 1. The predicted octanol–water partition coefficient (Wildman–Crippen LogP) is 2.74. The molecule has 0 radical (unpaired) electrons. The second-order valence-corrected chi connectivity index (χ2v) is 6.73. The van der Waals surface area contributed by atoms with Gasteiger partial charge < -0.3 is 19.7 Å². The SMILES string of the molecule is COc1ccccc1N1CCC[C@H](NC2CCC(OC)CC2)C1=O. The molecule has 0 unspecified atom stereocenters. The van der Waals surface area contributed by atoms with Gasteiger partial charge in [0.2, 0.25) is 5.91 Å². The van der Waals surface area contributed by atoms with Crippen LogP contribution in [0.4, 0.5) is 5.69 Å². The van der Waals surface area contributed by atoms with E-state index in [1.165, 1.54) is 0 Å². The highest BCUT2D eigenvalue weighted by Gasteiger charge is 2.33. The number of amides is 1. The van der Waals surface area contributed by atoms with Gasteiger partial charge in [-0.3, -0.25) is 4.79 Å². The Kier molecular flexibility index (Phi) is 5.74. The van der Waals surface area contributed by atoms with E-state index in [0.717, 1.165) is 56.5 Å². The van der Waals surface area contributed by atoms with E-state index in [4.69, 9.17) is 9.47 Å². The molecule has 1 aromatic carbocycles. The molecular weight excluding hydrogens is 304 g/mol. The molecule has 5 nitrogen and oxygen atoms in total. The third kappa shape index (κ3) is 3.73. The van der Waals surface area contributed by atoms with Gasteiger partial charge in [-0.15, -0.1) is 0 Å². The molecule has 24 heavy (non-hydrogen) atoms. The van der Waals surface area contributed by atoms with E-state index < -0.39 is 0 Å². The zero-order valence-corrected chi connectivity index (χ0v) is 14.7. The van der Waals surface area contributed by atoms with Gasteiger partial charge in [-0.25, -0.2) is 0 Å². The van der Waals surface area contributed by atoms with Gasteiger partial charge >= 0.3 is 0 Å². The second kappa shape index (κ2) is 7.99. The molecule has 1 aliphatic heterocycles. The minimum Gasteiger partial charge on any atom is -0.495 e. The zero-order chi connectivity index (χ0) is 16.9. The molecule has 3 rings (SSSR count). The first-order valence-corrected chi connectivity index (χ1v) is 8.96. The highest BCUT2D eigenvalue weighted by molar-refractivity contribution is 5.99. The van der Waals surface area contributed by atoms with Crippen molar-refractivity contribution in [2.24, 2.45) is 0 Å². The summed E-state index contributed by atoms with van der Waals surface area (Å²) < 4.78 is 10.9. The van der Waals surface area contributed by atoms with E-state index >= 15 is 0 Å². The Bertz CT molecular complexity index is 555. The number of carbonyl (C=O) groups excluding carboxylic acids is 1. The molecule has 2 fully saturated rings. The number of methoxy groups -OCH3 is 2. The van der Waals surface area contributed by atoms with Gasteiger partial charge in [0.25, 0.3) is 0 Å². The quantitative estimate of drug-likeness (QED) is 0.901. The van der Waals surface area contributed by atoms with Crippen LogP contribution >= 0.6 is 0 Å². The third-order valence-electron chi connectivity index (χ3n) is 5.26. The number of benzene rings is 1. The number of piperidine rings is 1. The lowest BCUT2D eigenvalue weighted by atomic mass is 9.91. The van der Waals surface area contributed by atoms with Crippen molar-refractivity contribution >= 4 is 11.6 Å². The van der Waals surface area contributed by atoms with Crippen molar-refractivity contribution in [3.8, 4) is 5.75 Å². The first-order chi connectivity index (χ1) is 11.7. The highest BCUT2D eigenvalue weighted by Crippen LogP contribution is 2.31. The van der Waals surface area contributed by atoms with Crippen molar-refractivity contribution < 1.29 is 14.3 Å². The van der Waals surface area contributed by atoms with Crippen LogP contribution in [0.1, 0.15) is 38.5 Å². The van der Waals surface area contributed by atoms with E-state index in [0.29, 0.717) is 12.1 Å². The summed E-state index contributed by atoms with van der Waals surface area (Å²) in [6.45, 7) is 0.758. The number of hydrogen-bond donors (Lipinski definition) is 1. The fourth-order valence-electron chi connectivity index (χ4n) is 3.87. The van der Waals surface area contributed by atoms with E-state index in [9.17, 15) is 4.79 Å². The smallest absolute Gasteiger partial charge is 0.244 e. The average molecular weight is 332 g/mol. The number of para-hydroxylation sites is 2. The average Bonchev–Trinajstić information content (AvgIpc) is 2.64. The van der Waals surface area contributed by atoms with Gasteiger partial charge in [0.05, 0.1) is 24.9 Å². The van der Waals surface area contributed by atoms with Crippen LogP contribution in [-0.4, -0.2) is 44.9 Å². The van der Waals surface area contributed by atoms with E-state index in [1.54, 1.807) is 14.2 Å². The van der Waals surface area contributed by atoms with Crippen LogP contribution in [-0.2, 0) is 9.53 Å². The van der Waals surface area contributed by atoms with Crippen LogP contribution in [0.15, 0.2) is 24.3 Å². The highest BCUT2D eigenvalue weighted by atomic mass is 16.5. The first kappa shape index (κ1) is 17.2. The second-order valence-electron chi connectivity index (χ2n) is 6.73. The maximum Gasteiger partial charge on any atom is 0.244 e. The lowest BCUT2D eigenvalue weighted by Crippen LogP contribution is -2.54. The maximum absolute atomic E-state index is 13.0. The molecule has 0 bridgehead atoms. The van der Waals surface area contributed by atoms with Crippen molar-refractivity contribution in [3.63, 3.8) is 0 Å². The molecule has 1 saturated carbocycles. The Hall–Kier alpha value is -1.59. The summed E-state index contributed by atoms with van der Waals surface area (Å²) in [7, 11) is 3.44. The Balaban J connectivity index is 1.65. The standard InChI is InChI=1S/C19H28N2O3/c1-23-15-11-9-14(10-12-15)20-16-6-5-13-21(19(16)22)17-7-3-4-8-18(17)24-2/h3-4,7-8,14-16,20H,5-6,9-13H2,1-2H3/t14?,15?,16-/m0/s1. The van der Waals surface area contributed by atoms with Gasteiger partial charge in [0.1, 0.15) is 5.75 Å². The molecule has 0 spiro atoms. The van der Waals surface area contributed by atoms with Crippen LogP contribution in [0, 0.1) is 0 Å². The molecule has 1 saturated heterocycles. The monoisotopic (exact) mass is 332 g/mol. The van der Waals surface area contributed by atoms with Crippen LogP contribution in [0.3, 0.4) is 0 Å². The summed E-state index contributed by atoms with van der Waals surface area (Å²) >= 11 is 0. The Morgan fingerprint density at radius 3 is 2.54 bits per heavy atom. The fraction of sp³-hybridized carbons (Fsp3) is 0.632. The number of rotatable bonds is 5. The van der Waals surface area contributed by atoms with E-state index in [-0.39, 0.29) is 11.9 Å². The topological polar surface area (TPSA) is 50.8 Å². The van der Waals surface area contributed by atoms with Crippen LogP contribution in [0.2, 0.25) is 0 Å². The summed E-state index contributed by atoms with van der Waals surface area (Å²) in [4.78, 5) is 14.8. The van der Waals surface area contributed by atoms with E-state index in [2.05, 4.69) is 5.32 Å². The van der Waals surface area contributed by atoms with Crippen molar-refractivity contribution in [2.75, 3.05) is 25.7 Å². The van der Waals surface area contributed by atoms with Crippen molar-refractivity contribution in [3.05, 3.63) is 24.3 Å². The van der Waals surface area contributed by atoms with Gasteiger partial charge in [0, 0.05) is 19.7 Å². The molecule has 1 aromatic rings. The van der Waals surface area contributed by atoms with E-state index in [1.807, 2.05) is 29.2 Å². The van der Waals surface area contributed by atoms with Gasteiger partial charge in [-0.2, -0.15) is 0 Å². The summed E-state index contributed by atoms with van der Waals surface area (Å²) in [5, 5.41) is 3.60. The van der Waals surface area contributed by atoms with Gasteiger partial charge in [0.15, 0.2) is 0 Å². The largest absolute Gasteiger partial charge is 0.495 e. The Morgan fingerprint density at radius 2 is 1.83 bits per heavy atom. The number of ether oxygens (including phenoxy) is 2. The predicted molar refractivity (Wildman–Crippen MR) is 94.6 cm³/mol. The van der Waals surface area contributed by atoms with Crippen LogP contribution in [0.5, 0.6) is 5.75 Å². The van der Waals surface area contributed by atoms with Crippen LogP contribution in [0.25, 0.3) is 0 Å². The molecule has 0 aromatic heterocycles. The molecule has 1 N–H and O–H groups in total. The molecule has 2 aliphatic rings. The molecule has 1 aliphatic carbocycles. The molecule has 5 heteroatoms. The van der Waals surface area contributed by atoms with Crippen LogP contribution < -0.4 is 15.0 Å². The summed E-state index contributed by atoms with van der Waals surface area (Å²) in [6, 6.07) is 8.08. The molecular formula is C19H28N2O3. The first-order valence-electron chi connectivity index (χ1n) is 8.96. The normalized spacial score (nSPS) is 28.0. The van der Waals surface area contributed by atoms with Crippen molar-refractivity contribution in [2.45, 2.75) is 56.7 Å². The summed E-state index contributed by atoms with van der Waals surface area (Å²) in [5.41, 5.74) is 0.875. The fourth-order valence-corrected chi connectivity index (χ4v) is 3.87. The van der Waals surface area contributed by atoms with Crippen molar-refractivity contribution in [1.82, 2.24) is 5.32 Å². The number of nitrogens with one attached hydrogen (secondary N) is 1. The van der Waals surface area contributed by atoms with Gasteiger partial charge in [-0.1, -0.05) is 12.1 Å². The van der Waals surface area contributed by atoms with Crippen molar-refractivity contribution in [1.29, 1.82) is 0 Å². The molecule has 132 valence electrons. The number of anilines is 1. The summed E-state index contributed by atoms with van der Waals surface area (Å²) in [5.74, 6) is 0.923. The minimum atomic E-state index is -0.0900. The zero-order valence-electron chi connectivity index (χ0n) is 14.7. The molecule has 1 atom stereocenters. The third-order valence-corrected chi connectivity index (χ3v) is 5.26. The lowest BCUT2D eigenvalue weighted by molar-refractivity contribution is -0.122. The van der Waals surface area contributed by atoms with Gasteiger partial charge in [-0.05, 0) is 50.7 Å². The lowest BCUT2D eigenvalue weighted by Gasteiger charge is -2.37. The summed E-state index contributed by atoms with van der Waals surface area (Å²) in [6.07, 6.45) is 6.61. The molecule has 1 amide bonds. The Morgan fingerprint density at radius 1 is 1.08 bits per heavy atom. The number of carbonyl (C=O) groups is 1. The minimum absolute atomic E-state index is 0.0900. The number of hydrogen-bond acceptors (Lipinski definition) is 4.